The number of rotatable bonds is 5. The second-order valence-electron chi connectivity index (χ2n) is 9.01. The molecule has 31 heavy (non-hydrogen) atoms. The summed E-state index contributed by atoms with van der Waals surface area (Å²) in [6.45, 7) is 0.850. The van der Waals surface area contributed by atoms with Crippen LogP contribution in [-0.2, 0) is 14.8 Å². The fraction of sp³-hybridized carbons (Fsp3) is 0.737. The Balaban J connectivity index is 1.32. The van der Waals surface area contributed by atoms with Crippen molar-refractivity contribution in [2.75, 3.05) is 13.1 Å². The number of sulfonamides is 1. The number of fused-ring (bicyclic) bond motifs is 1. The first-order valence-electron chi connectivity index (χ1n) is 11.0. The summed E-state index contributed by atoms with van der Waals surface area (Å²) in [5.74, 6) is -1.89. The van der Waals surface area contributed by atoms with Crippen LogP contribution in [0.5, 0.6) is 0 Å². The number of piperidine rings is 1. The Morgan fingerprint density at radius 1 is 1.16 bits per heavy atom. The van der Waals surface area contributed by atoms with Gasteiger partial charge in [0.25, 0.3) is 5.91 Å². The maximum absolute atomic E-state index is 12.8. The van der Waals surface area contributed by atoms with E-state index < -0.39 is 21.8 Å². The zero-order valence-electron chi connectivity index (χ0n) is 17.3. The normalized spacial score (nSPS) is 31.1. The SMILES string of the molecule is NC1(NC2CCN(S(=O)(=O)C3CC3)CC2)N=C2C(=NC(O)=CN2C2CCCC2)C(=O)N1. The lowest BCUT2D eigenvalue weighted by atomic mass is 10.1. The molecule has 3 aliphatic heterocycles. The molecule has 170 valence electrons. The number of amidine groups is 1. The Morgan fingerprint density at radius 2 is 1.84 bits per heavy atom. The Bertz CT molecular complexity index is 960. The van der Waals surface area contributed by atoms with E-state index >= 15 is 0 Å². The zero-order chi connectivity index (χ0) is 21.8. The van der Waals surface area contributed by atoms with Gasteiger partial charge in [-0.1, -0.05) is 12.8 Å². The van der Waals surface area contributed by atoms with E-state index in [1.165, 1.54) is 6.20 Å². The van der Waals surface area contributed by atoms with Gasteiger partial charge in [0.05, 0.1) is 11.4 Å². The van der Waals surface area contributed by atoms with Gasteiger partial charge >= 0.3 is 0 Å². The van der Waals surface area contributed by atoms with Crippen LogP contribution in [0.1, 0.15) is 51.4 Å². The molecule has 0 radical (unpaired) electrons. The summed E-state index contributed by atoms with van der Waals surface area (Å²) < 4.78 is 26.5. The number of nitrogens with two attached hydrogens (primary N) is 1. The number of nitrogens with one attached hydrogen (secondary N) is 2. The molecule has 1 unspecified atom stereocenters. The molecule has 0 spiro atoms. The standard InChI is InChI=1S/C19H29N7O4S/c20-19(22-12-7-9-25(10-8-12)31(29,30)14-5-6-14)23-17-16(18(28)24-19)21-15(27)11-26(17)13-3-1-2-4-13/h11-14,22,27H,1-10,20H2,(H,24,28). The lowest BCUT2D eigenvalue weighted by Crippen LogP contribution is -2.72. The second kappa shape index (κ2) is 7.54. The first-order valence-corrected chi connectivity index (χ1v) is 12.5. The minimum Gasteiger partial charge on any atom is -0.492 e. The van der Waals surface area contributed by atoms with Crippen molar-refractivity contribution in [2.24, 2.45) is 15.7 Å². The van der Waals surface area contributed by atoms with Gasteiger partial charge in [-0.3, -0.25) is 15.8 Å². The molecule has 5 N–H and O–H groups in total. The Hall–Kier alpha value is -2.02. The Morgan fingerprint density at radius 3 is 2.48 bits per heavy atom. The number of hydrogen-bond donors (Lipinski definition) is 4. The molecule has 3 fully saturated rings. The van der Waals surface area contributed by atoms with Gasteiger partial charge in [0.15, 0.2) is 11.5 Å². The summed E-state index contributed by atoms with van der Waals surface area (Å²) in [5, 5.41) is 15.7. The summed E-state index contributed by atoms with van der Waals surface area (Å²) in [4.78, 5) is 23.2. The summed E-state index contributed by atoms with van der Waals surface area (Å²) in [6.07, 6.45) is 8.22. The second-order valence-corrected chi connectivity index (χ2v) is 11.2. The minimum atomic E-state index is -3.18. The van der Waals surface area contributed by atoms with E-state index in [2.05, 4.69) is 20.6 Å². The van der Waals surface area contributed by atoms with Gasteiger partial charge in [-0.2, -0.15) is 0 Å². The first-order chi connectivity index (χ1) is 14.7. The highest BCUT2D eigenvalue weighted by molar-refractivity contribution is 7.90. The number of amides is 1. The molecular formula is C19H29N7O4S. The molecule has 1 saturated heterocycles. The summed E-state index contributed by atoms with van der Waals surface area (Å²) >= 11 is 0. The van der Waals surface area contributed by atoms with Crippen LogP contribution >= 0.6 is 0 Å². The third kappa shape index (κ3) is 3.97. The molecule has 0 aromatic heterocycles. The van der Waals surface area contributed by atoms with Crippen molar-refractivity contribution >= 4 is 27.5 Å². The molecule has 1 amide bonds. The van der Waals surface area contributed by atoms with E-state index in [0.717, 1.165) is 38.5 Å². The van der Waals surface area contributed by atoms with Crippen LogP contribution in [0.2, 0.25) is 0 Å². The Labute approximate surface area is 181 Å². The molecule has 3 heterocycles. The summed E-state index contributed by atoms with van der Waals surface area (Å²) in [7, 11) is -3.18. The summed E-state index contributed by atoms with van der Waals surface area (Å²) in [5.41, 5.74) is 6.49. The van der Waals surface area contributed by atoms with Gasteiger partial charge < -0.3 is 15.3 Å². The van der Waals surface area contributed by atoms with Crippen molar-refractivity contribution in [1.29, 1.82) is 0 Å². The average molecular weight is 452 g/mol. The van der Waals surface area contributed by atoms with Gasteiger partial charge in [0.2, 0.25) is 21.8 Å². The number of aliphatic hydroxyl groups excluding tert-OH is 1. The number of aliphatic imine (C=N–C) groups is 2. The van der Waals surface area contributed by atoms with Gasteiger partial charge in [-0.05, 0) is 38.5 Å². The third-order valence-electron chi connectivity index (χ3n) is 6.64. The maximum Gasteiger partial charge on any atom is 0.277 e. The topological polar surface area (TPSA) is 153 Å². The molecule has 2 saturated carbocycles. The number of carbonyl (C=O) groups excluding carboxylic acids is 1. The molecule has 5 aliphatic rings. The van der Waals surface area contributed by atoms with Crippen molar-refractivity contribution in [3.05, 3.63) is 12.1 Å². The minimum absolute atomic E-state index is 0.0557. The van der Waals surface area contributed by atoms with Crippen LogP contribution in [0, 0.1) is 0 Å². The number of aliphatic hydroxyl groups is 1. The van der Waals surface area contributed by atoms with Gasteiger partial charge in [-0.25, -0.2) is 22.7 Å². The van der Waals surface area contributed by atoms with Crippen LogP contribution in [0.3, 0.4) is 0 Å². The molecule has 0 aromatic rings. The van der Waals surface area contributed by atoms with E-state index in [1.54, 1.807) is 4.31 Å². The van der Waals surface area contributed by atoms with Crippen molar-refractivity contribution in [2.45, 2.75) is 74.6 Å². The van der Waals surface area contributed by atoms with Gasteiger partial charge in [0.1, 0.15) is 0 Å². The maximum atomic E-state index is 12.8. The van der Waals surface area contributed by atoms with Crippen molar-refractivity contribution in [3.8, 4) is 0 Å². The number of nitrogens with zero attached hydrogens (tertiary/aromatic N) is 4. The van der Waals surface area contributed by atoms with E-state index in [4.69, 9.17) is 5.73 Å². The molecule has 0 bridgehead atoms. The van der Waals surface area contributed by atoms with E-state index in [-0.39, 0.29) is 28.9 Å². The zero-order valence-corrected chi connectivity index (χ0v) is 18.1. The molecule has 12 heteroatoms. The van der Waals surface area contributed by atoms with Crippen molar-refractivity contribution in [3.63, 3.8) is 0 Å². The van der Waals surface area contributed by atoms with Crippen LogP contribution in [-0.4, -0.2) is 76.5 Å². The molecule has 0 aromatic carbocycles. The van der Waals surface area contributed by atoms with Crippen LogP contribution in [0.15, 0.2) is 22.1 Å². The predicted octanol–water partition coefficient (Wildman–Crippen LogP) is -0.313. The molecule has 2 aliphatic carbocycles. The molecular weight excluding hydrogens is 422 g/mol. The Kier molecular flexibility index (Phi) is 5.07. The monoisotopic (exact) mass is 451 g/mol. The average Bonchev–Trinajstić information content (AvgIpc) is 3.45. The molecule has 11 nitrogen and oxygen atoms in total. The van der Waals surface area contributed by atoms with Crippen LogP contribution in [0.4, 0.5) is 0 Å². The summed E-state index contributed by atoms with van der Waals surface area (Å²) in [6, 6.07) is 0.0451. The van der Waals surface area contributed by atoms with Gasteiger partial charge in [-0.15, -0.1) is 0 Å². The highest BCUT2D eigenvalue weighted by atomic mass is 32.2. The van der Waals surface area contributed by atoms with Crippen LogP contribution in [0.25, 0.3) is 0 Å². The predicted molar refractivity (Wildman–Crippen MR) is 114 cm³/mol. The first kappa shape index (κ1) is 20.9. The fourth-order valence-electron chi connectivity index (χ4n) is 4.86. The molecule has 5 rings (SSSR count). The van der Waals surface area contributed by atoms with Crippen LogP contribution < -0.4 is 16.4 Å². The van der Waals surface area contributed by atoms with Crippen molar-refractivity contribution in [1.82, 2.24) is 19.8 Å². The van der Waals surface area contributed by atoms with Gasteiger partial charge in [0, 0.05) is 25.2 Å². The van der Waals surface area contributed by atoms with E-state index in [0.29, 0.717) is 31.8 Å². The van der Waals surface area contributed by atoms with E-state index in [1.807, 2.05) is 4.90 Å². The number of carbonyl (C=O) groups is 1. The third-order valence-corrected chi connectivity index (χ3v) is 9.04. The quantitative estimate of drug-likeness (QED) is 0.418. The smallest absolute Gasteiger partial charge is 0.277 e. The highest BCUT2D eigenvalue weighted by Gasteiger charge is 2.45. The molecule has 1 atom stereocenters. The lowest BCUT2D eigenvalue weighted by molar-refractivity contribution is -0.117. The number of hydrogen-bond acceptors (Lipinski definition) is 9. The lowest BCUT2D eigenvalue weighted by Gasteiger charge is -2.41. The largest absolute Gasteiger partial charge is 0.492 e. The fourth-order valence-corrected chi connectivity index (χ4v) is 6.74. The van der Waals surface area contributed by atoms with E-state index in [9.17, 15) is 18.3 Å². The van der Waals surface area contributed by atoms with Crippen molar-refractivity contribution < 1.29 is 18.3 Å². The highest BCUT2D eigenvalue weighted by Crippen LogP contribution is 2.32.